The average Bonchev–Trinajstić information content (AvgIpc) is 2.31. The molecule has 0 heterocycles. The van der Waals surface area contributed by atoms with Gasteiger partial charge in [-0.1, -0.05) is 42.5 Å². The molecule has 15 heavy (non-hydrogen) atoms. The van der Waals surface area contributed by atoms with Gasteiger partial charge in [-0.2, -0.15) is 0 Å². The molecular formula is C13H14O2. The summed E-state index contributed by atoms with van der Waals surface area (Å²) in [6.07, 6.45) is 5.93. The highest BCUT2D eigenvalue weighted by molar-refractivity contribution is 5.75. The van der Waals surface area contributed by atoms with Crippen LogP contribution in [0.5, 0.6) is 0 Å². The molecule has 0 aliphatic heterocycles. The number of benzene rings is 1. The van der Waals surface area contributed by atoms with E-state index in [1.807, 2.05) is 42.5 Å². The second-order valence-electron chi connectivity index (χ2n) is 3.82. The fourth-order valence-corrected chi connectivity index (χ4v) is 1.63. The quantitative estimate of drug-likeness (QED) is 0.767. The molecule has 2 nitrogen and oxygen atoms in total. The van der Waals surface area contributed by atoms with Crippen molar-refractivity contribution >= 4 is 5.57 Å². The molecule has 0 radical (unpaired) electrons. The molecule has 0 amide bonds. The van der Waals surface area contributed by atoms with Crippen LogP contribution in [-0.2, 0) is 0 Å². The second-order valence-corrected chi connectivity index (χ2v) is 3.82. The third kappa shape index (κ3) is 2.17. The van der Waals surface area contributed by atoms with Crippen LogP contribution < -0.4 is 0 Å². The normalized spacial score (nSPS) is 25.1. The molecule has 0 spiro atoms. The van der Waals surface area contributed by atoms with Crippen molar-refractivity contribution in [2.75, 3.05) is 6.61 Å². The lowest BCUT2D eigenvalue weighted by molar-refractivity contribution is 0.0293. The summed E-state index contributed by atoms with van der Waals surface area (Å²) in [4.78, 5) is 0. The molecule has 1 aliphatic rings. The maximum absolute atomic E-state index is 9.76. The van der Waals surface area contributed by atoms with E-state index < -0.39 is 5.60 Å². The molecule has 78 valence electrons. The van der Waals surface area contributed by atoms with E-state index in [0.717, 1.165) is 11.1 Å². The fourth-order valence-electron chi connectivity index (χ4n) is 1.63. The predicted octanol–water partition coefficient (Wildman–Crippen LogP) is 1.75. The van der Waals surface area contributed by atoms with Gasteiger partial charge in [0, 0.05) is 6.42 Å². The third-order valence-electron chi connectivity index (χ3n) is 2.63. The van der Waals surface area contributed by atoms with Gasteiger partial charge in [-0.15, -0.1) is 0 Å². The van der Waals surface area contributed by atoms with Crippen molar-refractivity contribution in [2.45, 2.75) is 12.0 Å². The zero-order chi connectivity index (χ0) is 10.7. The molecule has 2 heteroatoms. The van der Waals surface area contributed by atoms with Crippen molar-refractivity contribution in [1.82, 2.24) is 0 Å². The van der Waals surface area contributed by atoms with Gasteiger partial charge in [-0.3, -0.25) is 0 Å². The Bertz CT molecular complexity index is 392. The van der Waals surface area contributed by atoms with Crippen LogP contribution in [0.15, 0.2) is 48.6 Å². The van der Waals surface area contributed by atoms with Gasteiger partial charge in [-0.05, 0) is 17.2 Å². The first-order chi connectivity index (χ1) is 7.23. The van der Waals surface area contributed by atoms with Crippen molar-refractivity contribution < 1.29 is 10.2 Å². The highest BCUT2D eigenvalue weighted by atomic mass is 16.3. The summed E-state index contributed by atoms with van der Waals surface area (Å²) >= 11 is 0. The summed E-state index contributed by atoms with van der Waals surface area (Å²) in [6.45, 7) is -0.234. The molecule has 0 saturated carbocycles. The van der Waals surface area contributed by atoms with Gasteiger partial charge in [0.15, 0.2) is 0 Å². The Labute approximate surface area is 89.2 Å². The number of aliphatic hydroxyl groups is 2. The zero-order valence-corrected chi connectivity index (χ0v) is 8.43. The SMILES string of the molecule is OCC1(O)C=CC(c2ccccc2)=CC1. The summed E-state index contributed by atoms with van der Waals surface area (Å²) in [5, 5.41) is 18.7. The van der Waals surface area contributed by atoms with Gasteiger partial charge < -0.3 is 10.2 Å². The Balaban J connectivity index is 2.20. The Morgan fingerprint density at radius 2 is 1.93 bits per heavy atom. The van der Waals surface area contributed by atoms with Crippen LogP contribution in [0.3, 0.4) is 0 Å². The van der Waals surface area contributed by atoms with E-state index in [9.17, 15) is 5.11 Å². The molecule has 0 bridgehead atoms. The van der Waals surface area contributed by atoms with Crippen LogP contribution in [0.1, 0.15) is 12.0 Å². The lowest BCUT2D eigenvalue weighted by Gasteiger charge is -2.24. The molecule has 0 aromatic heterocycles. The molecule has 2 N–H and O–H groups in total. The smallest absolute Gasteiger partial charge is 0.109 e. The molecule has 1 unspecified atom stereocenters. The average molecular weight is 202 g/mol. The Morgan fingerprint density at radius 3 is 2.47 bits per heavy atom. The largest absolute Gasteiger partial charge is 0.393 e. The second kappa shape index (κ2) is 4.01. The Hall–Kier alpha value is -1.38. The van der Waals surface area contributed by atoms with Crippen LogP contribution in [0.25, 0.3) is 5.57 Å². The van der Waals surface area contributed by atoms with Crippen molar-refractivity contribution in [3.8, 4) is 0 Å². The minimum atomic E-state index is -1.07. The van der Waals surface area contributed by atoms with Crippen LogP contribution >= 0.6 is 0 Å². The molecule has 2 rings (SSSR count). The van der Waals surface area contributed by atoms with Crippen LogP contribution in [0.2, 0.25) is 0 Å². The van der Waals surface area contributed by atoms with Gasteiger partial charge in [0.2, 0.25) is 0 Å². The fraction of sp³-hybridized carbons (Fsp3) is 0.231. The van der Waals surface area contributed by atoms with E-state index in [-0.39, 0.29) is 6.61 Å². The van der Waals surface area contributed by atoms with E-state index in [1.165, 1.54) is 0 Å². The van der Waals surface area contributed by atoms with Crippen molar-refractivity contribution in [3.05, 3.63) is 54.1 Å². The molecule has 1 aromatic rings. The monoisotopic (exact) mass is 202 g/mol. The third-order valence-corrected chi connectivity index (χ3v) is 2.63. The maximum atomic E-state index is 9.76. The van der Waals surface area contributed by atoms with Gasteiger partial charge in [0.25, 0.3) is 0 Å². The van der Waals surface area contributed by atoms with E-state index in [2.05, 4.69) is 0 Å². The standard InChI is InChI=1S/C13H14O2/c14-10-13(15)8-6-12(7-9-13)11-4-2-1-3-5-11/h1-8,14-15H,9-10H2. The van der Waals surface area contributed by atoms with Crippen molar-refractivity contribution in [2.24, 2.45) is 0 Å². The minimum absolute atomic E-state index is 0.234. The number of aliphatic hydroxyl groups excluding tert-OH is 1. The van der Waals surface area contributed by atoms with E-state index in [0.29, 0.717) is 6.42 Å². The summed E-state index contributed by atoms with van der Waals surface area (Å²) < 4.78 is 0. The van der Waals surface area contributed by atoms with Crippen molar-refractivity contribution in [1.29, 1.82) is 0 Å². The molecule has 1 aliphatic carbocycles. The van der Waals surface area contributed by atoms with E-state index in [1.54, 1.807) is 6.08 Å². The molecular weight excluding hydrogens is 188 g/mol. The highest BCUT2D eigenvalue weighted by Crippen LogP contribution is 2.26. The van der Waals surface area contributed by atoms with E-state index in [4.69, 9.17) is 5.11 Å². The summed E-state index contributed by atoms with van der Waals surface area (Å²) in [5.41, 5.74) is 1.15. The van der Waals surface area contributed by atoms with Gasteiger partial charge >= 0.3 is 0 Å². The lowest BCUT2D eigenvalue weighted by Crippen LogP contribution is -2.31. The first kappa shape index (κ1) is 10.1. The molecule has 0 fully saturated rings. The van der Waals surface area contributed by atoms with E-state index >= 15 is 0 Å². The molecule has 1 aromatic carbocycles. The van der Waals surface area contributed by atoms with Gasteiger partial charge in [0.1, 0.15) is 5.60 Å². The maximum Gasteiger partial charge on any atom is 0.109 e. The number of allylic oxidation sites excluding steroid dienone is 2. The zero-order valence-electron chi connectivity index (χ0n) is 8.43. The lowest BCUT2D eigenvalue weighted by atomic mass is 9.90. The first-order valence-electron chi connectivity index (χ1n) is 5.02. The van der Waals surface area contributed by atoms with Crippen molar-refractivity contribution in [3.63, 3.8) is 0 Å². The summed E-state index contributed by atoms with van der Waals surface area (Å²) in [5.74, 6) is 0. The first-order valence-corrected chi connectivity index (χ1v) is 5.02. The molecule has 1 atom stereocenters. The topological polar surface area (TPSA) is 40.5 Å². The van der Waals surface area contributed by atoms with Crippen LogP contribution in [0, 0.1) is 0 Å². The molecule has 0 saturated heterocycles. The summed E-state index contributed by atoms with van der Waals surface area (Å²) in [6, 6.07) is 9.99. The number of hydrogen-bond acceptors (Lipinski definition) is 2. The van der Waals surface area contributed by atoms with Crippen LogP contribution in [-0.4, -0.2) is 22.4 Å². The number of hydrogen-bond donors (Lipinski definition) is 2. The van der Waals surface area contributed by atoms with Crippen LogP contribution in [0.4, 0.5) is 0 Å². The van der Waals surface area contributed by atoms with Gasteiger partial charge in [0.05, 0.1) is 6.61 Å². The Morgan fingerprint density at radius 1 is 1.20 bits per heavy atom. The number of rotatable bonds is 2. The predicted molar refractivity (Wildman–Crippen MR) is 60.2 cm³/mol. The minimum Gasteiger partial charge on any atom is -0.393 e. The summed E-state index contributed by atoms with van der Waals surface area (Å²) in [7, 11) is 0. The Kier molecular flexibility index (Phi) is 2.71. The highest BCUT2D eigenvalue weighted by Gasteiger charge is 2.23. The van der Waals surface area contributed by atoms with Gasteiger partial charge in [-0.25, -0.2) is 0 Å².